The monoisotopic (exact) mass is 283 g/mol. The molecule has 20 heavy (non-hydrogen) atoms. The summed E-state index contributed by atoms with van der Waals surface area (Å²) in [7, 11) is 4.09. The van der Waals surface area contributed by atoms with Gasteiger partial charge < -0.3 is 15.4 Å². The van der Waals surface area contributed by atoms with Gasteiger partial charge in [0.2, 0.25) is 0 Å². The summed E-state index contributed by atoms with van der Waals surface area (Å²) in [6.45, 7) is 8.32. The van der Waals surface area contributed by atoms with Crippen LogP contribution in [0.2, 0.25) is 0 Å². The first-order chi connectivity index (χ1) is 9.52. The molecule has 0 spiro atoms. The average Bonchev–Trinajstić information content (AvgIpc) is 2.66. The lowest BCUT2D eigenvalue weighted by molar-refractivity contribution is -0.0165. The van der Waals surface area contributed by atoms with Gasteiger partial charge in [-0.25, -0.2) is 0 Å². The van der Waals surface area contributed by atoms with Crippen molar-refractivity contribution >= 4 is 0 Å². The van der Waals surface area contributed by atoms with Gasteiger partial charge in [-0.15, -0.1) is 0 Å². The summed E-state index contributed by atoms with van der Waals surface area (Å²) in [5.74, 6) is 0.674. The van der Waals surface area contributed by atoms with E-state index in [1.54, 1.807) is 7.11 Å². The van der Waals surface area contributed by atoms with Crippen molar-refractivity contribution in [3.63, 3.8) is 0 Å². The Kier molecular flexibility index (Phi) is 5.46. The van der Waals surface area contributed by atoms with Gasteiger partial charge in [-0.3, -0.25) is 4.90 Å². The van der Waals surface area contributed by atoms with E-state index < -0.39 is 0 Å². The normalized spacial score (nSPS) is 34.4. The summed E-state index contributed by atoms with van der Waals surface area (Å²) in [4.78, 5) is 5.23. The molecule has 0 saturated carbocycles. The summed E-state index contributed by atoms with van der Waals surface area (Å²) >= 11 is 0. The molecule has 2 unspecified atom stereocenters. The molecular formula is C16H33N3O. The molecule has 4 nitrogen and oxygen atoms in total. The highest BCUT2D eigenvalue weighted by atomic mass is 16.5. The molecule has 2 heterocycles. The van der Waals surface area contributed by atoms with Crippen LogP contribution in [0, 0.1) is 5.92 Å². The number of methoxy groups -OCH3 is 1. The molecule has 0 aromatic heterocycles. The molecule has 0 aromatic rings. The van der Waals surface area contributed by atoms with Gasteiger partial charge in [0.25, 0.3) is 0 Å². The highest BCUT2D eigenvalue weighted by Gasteiger charge is 2.48. The maximum Gasteiger partial charge on any atom is 0.0589 e. The summed E-state index contributed by atoms with van der Waals surface area (Å²) in [6.07, 6.45) is 5.16. The Morgan fingerprint density at radius 1 is 1.30 bits per heavy atom. The van der Waals surface area contributed by atoms with Gasteiger partial charge in [-0.2, -0.15) is 0 Å². The van der Waals surface area contributed by atoms with E-state index in [1.807, 2.05) is 0 Å². The number of hydrogen-bond acceptors (Lipinski definition) is 4. The second kappa shape index (κ2) is 6.73. The number of fused-ring (bicyclic) bond motifs is 2. The van der Waals surface area contributed by atoms with E-state index in [0.717, 1.165) is 38.3 Å². The van der Waals surface area contributed by atoms with Gasteiger partial charge in [-0.05, 0) is 38.6 Å². The summed E-state index contributed by atoms with van der Waals surface area (Å²) < 4.78 is 5.33. The number of piperidine rings is 1. The largest absolute Gasteiger partial charge is 0.383 e. The van der Waals surface area contributed by atoms with Crippen LogP contribution in [0.3, 0.4) is 0 Å². The lowest BCUT2D eigenvalue weighted by atomic mass is 9.81. The molecule has 0 radical (unpaired) electrons. The fourth-order valence-corrected chi connectivity index (χ4v) is 4.26. The first-order valence-electron chi connectivity index (χ1n) is 8.18. The van der Waals surface area contributed by atoms with Crippen molar-refractivity contribution in [1.82, 2.24) is 9.80 Å². The molecule has 4 heteroatoms. The van der Waals surface area contributed by atoms with Crippen LogP contribution in [0.15, 0.2) is 0 Å². The Balaban J connectivity index is 2.14. The Hall–Kier alpha value is -0.160. The zero-order valence-corrected chi connectivity index (χ0v) is 13.8. The maximum absolute atomic E-state index is 6.28. The molecule has 2 saturated heterocycles. The topological polar surface area (TPSA) is 41.7 Å². The molecule has 2 bridgehead atoms. The number of hydrogen-bond donors (Lipinski definition) is 1. The van der Waals surface area contributed by atoms with E-state index in [2.05, 4.69) is 30.7 Å². The highest BCUT2D eigenvalue weighted by molar-refractivity contribution is 5.06. The fourth-order valence-electron chi connectivity index (χ4n) is 4.26. The van der Waals surface area contributed by atoms with E-state index in [9.17, 15) is 0 Å². The smallest absolute Gasteiger partial charge is 0.0589 e. The third kappa shape index (κ3) is 3.19. The van der Waals surface area contributed by atoms with Crippen LogP contribution in [-0.4, -0.2) is 67.8 Å². The van der Waals surface area contributed by atoms with Crippen molar-refractivity contribution in [3.05, 3.63) is 0 Å². The van der Waals surface area contributed by atoms with E-state index >= 15 is 0 Å². The van der Waals surface area contributed by atoms with Gasteiger partial charge in [0.15, 0.2) is 0 Å². The van der Waals surface area contributed by atoms with Crippen molar-refractivity contribution < 1.29 is 4.74 Å². The second-order valence-electron chi connectivity index (χ2n) is 7.22. The van der Waals surface area contributed by atoms with E-state index in [4.69, 9.17) is 10.5 Å². The van der Waals surface area contributed by atoms with Crippen LogP contribution in [0.1, 0.15) is 39.5 Å². The molecule has 0 aliphatic carbocycles. The van der Waals surface area contributed by atoms with E-state index in [0.29, 0.717) is 5.92 Å². The zero-order chi connectivity index (χ0) is 14.8. The molecule has 0 amide bonds. The Labute approximate surface area is 124 Å². The van der Waals surface area contributed by atoms with E-state index in [-0.39, 0.29) is 5.54 Å². The lowest BCUT2D eigenvalue weighted by Gasteiger charge is -2.51. The molecule has 0 aromatic carbocycles. The van der Waals surface area contributed by atoms with Crippen LogP contribution >= 0.6 is 0 Å². The summed E-state index contributed by atoms with van der Waals surface area (Å²) in [6, 6.07) is 1.46. The van der Waals surface area contributed by atoms with Gasteiger partial charge >= 0.3 is 0 Å². The van der Waals surface area contributed by atoms with Crippen LogP contribution in [0.4, 0.5) is 0 Å². The van der Waals surface area contributed by atoms with Crippen LogP contribution in [0.5, 0.6) is 0 Å². The third-order valence-electron chi connectivity index (χ3n) is 5.42. The Bertz CT molecular complexity index is 294. The van der Waals surface area contributed by atoms with Gasteiger partial charge in [0.05, 0.1) is 6.61 Å². The SMILES string of the molecule is COCCN(CC(C)C)C1(CN)CC2CCC(C1)N2C. The van der Waals surface area contributed by atoms with Crippen LogP contribution in [0.25, 0.3) is 0 Å². The van der Waals surface area contributed by atoms with Gasteiger partial charge in [-0.1, -0.05) is 13.8 Å². The average molecular weight is 283 g/mol. The molecule has 2 aliphatic rings. The highest BCUT2D eigenvalue weighted by Crippen LogP contribution is 2.42. The predicted molar refractivity (Wildman–Crippen MR) is 83.9 cm³/mol. The summed E-state index contributed by atoms with van der Waals surface area (Å²) in [5, 5.41) is 0. The van der Waals surface area contributed by atoms with Crippen LogP contribution < -0.4 is 5.73 Å². The third-order valence-corrected chi connectivity index (χ3v) is 5.42. The van der Waals surface area contributed by atoms with Crippen LogP contribution in [-0.2, 0) is 4.74 Å². The molecule has 2 aliphatic heterocycles. The van der Waals surface area contributed by atoms with Gasteiger partial charge in [0.1, 0.15) is 0 Å². The summed E-state index contributed by atoms with van der Waals surface area (Å²) in [5.41, 5.74) is 6.48. The Morgan fingerprint density at radius 2 is 1.90 bits per heavy atom. The van der Waals surface area contributed by atoms with Crippen molar-refractivity contribution in [1.29, 1.82) is 0 Å². The minimum absolute atomic E-state index is 0.196. The quantitative estimate of drug-likeness (QED) is 0.770. The predicted octanol–water partition coefficient (Wildman–Crippen LogP) is 1.54. The molecular weight excluding hydrogens is 250 g/mol. The maximum atomic E-state index is 6.28. The molecule has 118 valence electrons. The van der Waals surface area contributed by atoms with Crippen molar-refractivity contribution in [2.24, 2.45) is 11.7 Å². The molecule has 2 rings (SSSR count). The number of rotatable bonds is 7. The molecule has 2 N–H and O–H groups in total. The second-order valence-corrected chi connectivity index (χ2v) is 7.22. The zero-order valence-electron chi connectivity index (χ0n) is 13.8. The minimum Gasteiger partial charge on any atom is -0.383 e. The standard InChI is InChI=1S/C16H33N3O/c1-13(2)11-19(7-8-20-4)16(12-17)9-14-5-6-15(10-16)18(14)3/h13-15H,5-12,17H2,1-4H3. The number of ether oxygens (including phenoxy) is 1. The minimum atomic E-state index is 0.196. The van der Waals surface area contributed by atoms with E-state index in [1.165, 1.54) is 25.7 Å². The lowest BCUT2D eigenvalue weighted by Crippen LogP contribution is -2.63. The fraction of sp³-hybridized carbons (Fsp3) is 1.00. The number of nitrogens with zero attached hydrogens (tertiary/aromatic N) is 2. The van der Waals surface area contributed by atoms with Crippen molar-refractivity contribution in [2.75, 3.05) is 40.4 Å². The van der Waals surface area contributed by atoms with Gasteiger partial charge in [0, 0.05) is 44.4 Å². The molecule has 2 atom stereocenters. The number of nitrogens with two attached hydrogens (primary N) is 1. The first-order valence-corrected chi connectivity index (χ1v) is 8.18. The Morgan fingerprint density at radius 3 is 2.35 bits per heavy atom. The molecule has 2 fully saturated rings. The first kappa shape index (κ1) is 16.2. The van der Waals surface area contributed by atoms with Crippen molar-refractivity contribution in [3.8, 4) is 0 Å². The van der Waals surface area contributed by atoms with Crippen molar-refractivity contribution in [2.45, 2.75) is 57.2 Å².